The van der Waals surface area contributed by atoms with Crippen molar-refractivity contribution >= 4 is 65.0 Å². The second-order valence-electron chi connectivity index (χ2n) is 22.9. The summed E-state index contributed by atoms with van der Waals surface area (Å²) in [4.78, 5) is 150. The molecule has 444 valence electrons. The van der Waals surface area contributed by atoms with Crippen LogP contribution < -0.4 is 53.6 Å². The fraction of sp³-hybridized carbons (Fsp3) is 0.691. The predicted molar refractivity (Wildman–Crippen MR) is 294 cm³/mol. The van der Waals surface area contributed by atoms with Gasteiger partial charge in [-0.05, 0) is 107 Å². The molecule has 24 heteroatoms. The number of primary amides is 1. The first-order chi connectivity index (χ1) is 36.7. The molecule has 1 saturated heterocycles. The molecule has 1 aromatic carbocycles. The van der Waals surface area contributed by atoms with E-state index in [1.54, 1.807) is 41.5 Å². The Balaban J connectivity index is 2.37. The number of aliphatic hydroxyl groups is 1. The van der Waals surface area contributed by atoms with Crippen LogP contribution in [0, 0.1) is 29.6 Å². The standard InChI is InChI=1S/C55H91N11O13/c1-27(2)22-38(59-35(14)68)49(73)57-32(11)47(71)60-39(23-28(3)4)50(74)58-33(12)48(72)61-42(26-36-17-19-37(69)20-18-36)52(76)62-40(24-29(5)6)51(75)63-41(25-30(7)8)53(77)65-45(34(13)67)55(79)66-21-15-16-43(66)54(78)64-44(31(9)10)46(56)70/h17-20,27-34,38-45,67,69H,15-16,21-26H2,1-14H3,(H2,56,70)(H,57,73)(H,58,74)(H,59,68)(H,60,71)(H,61,72)(H,62,76)(H,63,75)(H,64,78)(H,65,77)/t32-,33-,34+,38-,39-,40-,41-,42-,43-,44-,45-/m0/s1. The Labute approximate surface area is 465 Å². The molecule has 0 spiro atoms. The first kappa shape index (κ1) is 68.3. The third-order valence-electron chi connectivity index (χ3n) is 13.1. The Morgan fingerprint density at radius 1 is 0.519 bits per heavy atom. The molecule has 13 N–H and O–H groups in total. The third kappa shape index (κ3) is 23.2. The zero-order chi connectivity index (χ0) is 60.2. The number of nitrogens with two attached hydrogens (primary N) is 1. The van der Waals surface area contributed by atoms with Gasteiger partial charge in [-0.2, -0.15) is 0 Å². The van der Waals surface area contributed by atoms with E-state index in [2.05, 4.69) is 47.9 Å². The molecule has 0 aromatic heterocycles. The Morgan fingerprint density at radius 3 is 1.29 bits per heavy atom. The average Bonchev–Trinajstić information content (AvgIpc) is 3.85. The van der Waals surface area contributed by atoms with Crippen LogP contribution in [0.2, 0.25) is 0 Å². The SMILES string of the molecule is CC(=O)N[C@@H](CC(C)C)C(=O)N[C@@H](C)C(=O)N[C@@H](CC(C)C)C(=O)N[C@@H](C)C(=O)N[C@@H](Cc1ccc(O)cc1)C(=O)N[C@@H](CC(C)C)C(=O)N[C@@H](CC(C)C)C(=O)N[C@H](C(=O)N1CCC[C@H]1C(=O)N[C@H](C(N)=O)C(C)C)[C@@H](C)O. The van der Waals surface area contributed by atoms with Gasteiger partial charge in [-0.1, -0.05) is 81.4 Å². The number of aromatic hydroxyl groups is 1. The summed E-state index contributed by atoms with van der Waals surface area (Å²) in [7, 11) is 0. The second kappa shape index (κ2) is 32.3. The van der Waals surface area contributed by atoms with E-state index >= 15 is 0 Å². The number of carbonyl (C=O) groups is 11. The van der Waals surface area contributed by atoms with Gasteiger partial charge in [0.1, 0.15) is 66.2 Å². The number of phenols is 1. The molecule has 1 fully saturated rings. The lowest BCUT2D eigenvalue weighted by molar-refractivity contribution is -0.144. The first-order valence-electron chi connectivity index (χ1n) is 27.5. The largest absolute Gasteiger partial charge is 0.508 e. The van der Waals surface area contributed by atoms with Gasteiger partial charge >= 0.3 is 0 Å². The molecule has 11 atom stereocenters. The lowest BCUT2D eigenvalue weighted by Gasteiger charge is -2.32. The van der Waals surface area contributed by atoms with Crippen molar-refractivity contribution < 1.29 is 63.0 Å². The van der Waals surface area contributed by atoms with Crippen molar-refractivity contribution in [2.45, 2.75) is 208 Å². The third-order valence-corrected chi connectivity index (χ3v) is 13.1. The monoisotopic (exact) mass is 1110 g/mol. The molecule has 11 amide bonds. The summed E-state index contributed by atoms with van der Waals surface area (Å²) in [5.74, 6) is -8.70. The summed E-state index contributed by atoms with van der Waals surface area (Å²) in [6.07, 6.45) is -0.382. The minimum Gasteiger partial charge on any atom is -0.508 e. The van der Waals surface area contributed by atoms with E-state index in [1.165, 1.54) is 56.9 Å². The number of hydrogen-bond donors (Lipinski definition) is 12. The topological polar surface area (TPSA) is 366 Å². The van der Waals surface area contributed by atoms with E-state index in [0.717, 1.165) is 0 Å². The number of carbonyl (C=O) groups excluding carboxylic acids is 11. The number of rotatable bonds is 31. The molecule has 2 rings (SSSR count). The summed E-state index contributed by atoms with van der Waals surface area (Å²) in [6.45, 7) is 23.5. The van der Waals surface area contributed by atoms with Crippen LogP contribution >= 0.6 is 0 Å². The number of phenolic OH excluding ortho intramolecular Hbond substituents is 1. The van der Waals surface area contributed by atoms with Crippen molar-refractivity contribution in [2.75, 3.05) is 6.54 Å². The van der Waals surface area contributed by atoms with Crippen LogP contribution in [0.15, 0.2) is 24.3 Å². The van der Waals surface area contributed by atoms with Gasteiger partial charge in [0.15, 0.2) is 0 Å². The van der Waals surface area contributed by atoms with Gasteiger partial charge in [0.05, 0.1) is 6.10 Å². The molecule has 0 aliphatic carbocycles. The highest BCUT2D eigenvalue weighted by Gasteiger charge is 2.42. The highest BCUT2D eigenvalue weighted by molar-refractivity contribution is 5.99. The minimum absolute atomic E-state index is 0.0428. The number of nitrogens with one attached hydrogen (secondary N) is 9. The van der Waals surface area contributed by atoms with Crippen LogP contribution in [0.25, 0.3) is 0 Å². The van der Waals surface area contributed by atoms with Gasteiger partial charge in [-0.15, -0.1) is 0 Å². The maximum absolute atomic E-state index is 14.4. The highest BCUT2D eigenvalue weighted by atomic mass is 16.3. The van der Waals surface area contributed by atoms with Gasteiger partial charge in [0.25, 0.3) is 0 Å². The number of nitrogens with zero attached hydrogens (tertiary/aromatic N) is 1. The minimum atomic E-state index is -1.56. The van der Waals surface area contributed by atoms with Crippen LogP contribution in [-0.2, 0) is 59.2 Å². The molecule has 1 aliphatic rings. The molecular formula is C55H91N11O13. The first-order valence-corrected chi connectivity index (χ1v) is 27.5. The summed E-state index contributed by atoms with van der Waals surface area (Å²) in [5, 5.41) is 44.6. The number of amides is 11. The molecule has 1 aromatic rings. The van der Waals surface area contributed by atoms with Gasteiger partial charge in [-0.25, -0.2) is 0 Å². The van der Waals surface area contributed by atoms with Crippen molar-refractivity contribution in [3.63, 3.8) is 0 Å². The normalized spacial score (nSPS) is 17.2. The zero-order valence-corrected chi connectivity index (χ0v) is 48.6. The number of aliphatic hydroxyl groups excluding tert-OH is 1. The number of likely N-dealkylation sites (tertiary alicyclic amines) is 1. The van der Waals surface area contributed by atoms with Gasteiger partial charge in [0.2, 0.25) is 65.0 Å². The van der Waals surface area contributed by atoms with E-state index < -0.39 is 132 Å². The van der Waals surface area contributed by atoms with Crippen molar-refractivity contribution in [3.8, 4) is 5.75 Å². The van der Waals surface area contributed by atoms with Crippen molar-refractivity contribution in [2.24, 2.45) is 35.3 Å². The fourth-order valence-corrected chi connectivity index (χ4v) is 8.97. The lowest BCUT2D eigenvalue weighted by Crippen LogP contribution is -2.62. The average molecular weight is 1110 g/mol. The maximum Gasteiger partial charge on any atom is 0.248 e. The van der Waals surface area contributed by atoms with Crippen molar-refractivity contribution in [3.05, 3.63) is 29.8 Å². The van der Waals surface area contributed by atoms with Crippen LogP contribution in [0.4, 0.5) is 0 Å². The summed E-state index contributed by atoms with van der Waals surface area (Å²) < 4.78 is 0. The Morgan fingerprint density at radius 2 is 0.899 bits per heavy atom. The highest BCUT2D eigenvalue weighted by Crippen LogP contribution is 2.21. The van der Waals surface area contributed by atoms with Crippen molar-refractivity contribution in [1.29, 1.82) is 0 Å². The summed E-state index contributed by atoms with van der Waals surface area (Å²) in [5.41, 5.74) is 6.01. The molecule has 0 unspecified atom stereocenters. The maximum atomic E-state index is 14.4. The molecule has 24 nitrogen and oxygen atoms in total. The van der Waals surface area contributed by atoms with E-state index in [1.807, 2.05) is 27.7 Å². The summed E-state index contributed by atoms with van der Waals surface area (Å²) >= 11 is 0. The van der Waals surface area contributed by atoms with Crippen LogP contribution in [0.3, 0.4) is 0 Å². The van der Waals surface area contributed by atoms with Gasteiger partial charge < -0.3 is 68.7 Å². The zero-order valence-electron chi connectivity index (χ0n) is 48.6. The molecular weight excluding hydrogens is 1020 g/mol. The van der Waals surface area contributed by atoms with Crippen molar-refractivity contribution in [1.82, 2.24) is 52.8 Å². The van der Waals surface area contributed by atoms with E-state index in [4.69, 9.17) is 5.73 Å². The number of hydrogen-bond acceptors (Lipinski definition) is 13. The summed E-state index contributed by atoms with van der Waals surface area (Å²) in [6, 6.07) is -6.20. The Kier molecular flexibility index (Phi) is 27.9. The van der Waals surface area contributed by atoms with E-state index in [-0.39, 0.29) is 74.0 Å². The van der Waals surface area contributed by atoms with Gasteiger partial charge in [-0.3, -0.25) is 52.7 Å². The predicted octanol–water partition coefficient (Wildman–Crippen LogP) is 0.0551. The van der Waals surface area contributed by atoms with Gasteiger partial charge in [0, 0.05) is 19.9 Å². The van der Waals surface area contributed by atoms with Crippen LogP contribution in [0.5, 0.6) is 5.75 Å². The van der Waals surface area contributed by atoms with E-state index in [0.29, 0.717) is 18.4 Å². The molecule has 1 heterocycles. The molecule has 1 aliphatic heterocycles. The Bertz CT molecular complexity index is 2270. The van der Waals surface area contributed by atoms with Crippen LogP contribution in [-0.4, -0.2) is 153 Å². The molecule has 0 bridgehead atoms. The Hall–Kier alpha value is -6.85. The molecule has 0 radical (unpaired) electrons. The second-order valence-corrected chi connectivity index (χ2v) is 22.9. The number of benzene rings is 1. The molecule has 79 heavy (non-hydrogen) atoms. The lowest BCUT2D eigenvalue weighted by atomic mass is 9.98. The quantitative estimate of drug-likeness (QED) is 0.0469. The van der Waals surface area contributed by atoms with Crippen LogP contribution in [0.1, 0.15) is 141 Å². The molecule has 0 saturated carbocycles. The fourth-order valence-electron chi connectivity index (χ4n) is 8.97. The smallest absolute Gasteiger partial charge is 0.248 e. The van der Waals surface area contributed by atoms with E-state index in [9.17, 15) is 63.0 Å².